The van der Waals surface area contributed by atoms with Crippen LogP contribution in [0.4, 0.5) is 0 Å². The summed E-state index contributed by atoms with van der Waals surface area (Å²) in [6.07, 6.45) is 5.85. The minimum atomic E-state index is -0.500. The van der Waals surface area contributed by atoms with Gasteiger partial charge in [0, 0.05) is 30.8 Å². The van der Waals surface area contributed by atoms with Gasteiger partial charge in [-0.15, -0.1) is 5.10 Å². The number of carbonyl (C=O) groups excluding carboxylic acids is 1. The van der Waals surface area contributed by atoms with Gasteiger partial charge in [-0.25, -0.2) is 14.6 Å². The van der Waals surface area contributed by atoms with Gasteiger partial charge in [0.1, 0.15) is 18.2 Å². The number of carbonyl (C=O) groups is 1. The van der Waals surface area contributed by atoms with Crippen molar-refractivity contribution < 1.29 is 4.79 Å². The van der Waals surface area contributed by atoms with Crippen molar-refractivity contribution in [3.63, 3.8) is 0 Å². The van der Waals surface area contributed by atoms with Gasteiger partial charge in [0.05, 0.1) is 0 Å². The van der Waals surface area contributed by atoms with Crippen LogP contribution in [-0.2, 0) is 30.5 Å². The zero-order valence-corrected chi connectivity index (χ0v) is 15.9. The highest BCUT2D eigenvalue weighted by Gasteiger charge is 2.22. The van der Waals surface area contributed by atoms with E-state index in [1.54, 1.807) is 0 Å². The molecule has 0 spiro atoms. The number of benzene rings is 1. The third-order valence-electron chi connectivity index (χ3n) is 5.09. The van der Waals surface area contributed by atoms with Crippen LogP contribution in [0.25, 0.3) is 0 Å². The van der Waals surface area contributed by atoms with E-state index in [4.69, 9.17) is 0 Å². The number of aryl methyl sites for hydroxylation is 2. The summed E-state index contributed by atoms with van der Waals surface area (Å²) >= 11 is 0. The fourth-order valence-corrected chi connectivity index (χ4v) is 3.66. The molecule has 1 amide bonds. The Morgan fingerprint density at radius 2 is 2.07 bits per heavy atom. The summed E-state index contributed by atoms with van der Waals surface area (Å²) in [5.41, 5.74) is 4.59. The zero-order chi connectivity index (χ0) is 19.3. The lowest BCUT2D eigenvalue weighted by molar-refractivity contribution is -0.124. The van der Waals surface area contributed by atoms with E-state index < -0.39 is 6.04 Å². The number of tetrazole rings is 1. The lowest BCUT2D eigenvalue weighted by Gasteiger charge is -2.16. The van der Waals surface area contributed by atoms with Crippen LogP contribution in [0.5, 0.6) is 0 Å². The first-order valence-electron chi connectivity index (χ1n) is 9.60. The Morgan fingerprint density at radius 1 is 1.21 bits per heavy atom. The minimum Gasteiger partial charge on any atom is -0.354 e. The minimum absolute atomic E-state index is 0.117. The molecule has 144 valence electrons. The zero-order valence-electron chi connectivity index (χ0n) is 15.9. The number of nitrogens with zero attached hydrogens (tertiary/aromatic N) is 6. The van der Waals surface area contributed by atoms with E-state index in [1.807, 2.05) is 37.3 Å². The Bertz CT molecular complexity index is 941. The molecule has 0 bridgehead atoms. The van der Waals surface area contributed by atoms with Crippen LogP contribution < -0.4 is 5.32 Å². The molecule has 1 aliphatic rings. The van der Waals surface area contributed by atoms with E-state index in [0.29, 0.717) is 19.4 Å². The quantitative estimate of drug-likeness (QED) is 0.668. The third kappa shape index (κ3) is 4.05. The van der Waals surface area contributed by atoms with Gasteiger partial charge >= 0.3 is 0 Å². The highest BCUT2D eigenvalue weighted by Crippen LogP contribution is 2.22. The van der Waals surface area contributed by atoms with Gasteiger partial charge in [0.15, 0.2) is 0 Å². The molecule has 1 N–H and O–H groups in total. The van der Waals surface area contributed by atoms with Crippen molar-refractivity contribution >= 4 is 5.91 Å². The lowest BCUT2D eigenvalue weighted by Crippen LogP contribution is -2.35. The van der Waals surface area contributed by atoms with Gasteiger partial charge in [-0.3, -0.25) is 4.79 Å². The normalized spacial score (nSPS) is 13.9. The first kappa shape index (κ1) is 18.2. The Kier molecular flexibility index (Phi) is 5.36. The molecule has 0 saturated heterocycles. The van der Waals surface area contributed by atoms with Crippen LogP contribution in [-0.4, -0.2) is 42.6 Å². The predicted octanol–water partition coefficient (Wildman–Crippen LogP) is 1.40. The van der Waals surface area contributed by atoms with E-state index in [9.17, 15) is 4.79 Å². The topological polar surface area (TPSA) is 98.5 Å². The molecule has 1 aromatic carbocycles. The number of nitrogens with one attached hydrogen (secondary N) is 1. The molecule has 0 radical (unpaired) electrons. The lowest BCUT2D eigenvalue weighted by atomic mass is 10.1. The van der Waals surface area contributed by atoms with Crippen LogP contribution >= 0.6 is 0 Å². The molecule has 1 atom stereocenters. The number of rotatable bonds is 7. The van der Waals surface area contributed by atoms with Crippen molar-refractivity contribution in [1.29, 1.82) is 0 Å². The second-order valence-corrected chi connectivity index (χ2v) is 7.04. The third-order valence-corrected chi connectivity index (χ3v) is 5.09. The average Bonchev–Trinajstić information content (AvgIpc) is 3.39. The number of hydrogen-bond donors (Lipinski definition) is 1. The fourth-order valence-electron chi connectivity index (χ4n) is 3.66. The molecular formula is C20H23N7O. The maximum absolute atomic E-state index is 12.8. The molecule has 0 fully saturated rings. The smallest absolute Gasteiger partial charge is 0.245 e. The second-order valence-electron chi connectivity index (χ2n) is 7.04. The Labute approximate surface area is 163 Å². The summed E-state index contributed by atoms with van der Waals surface area (Å²) in [5.74, 6) is 0.675. The molecular weight excluding hydrogens is 354 g/mol. The summed E-state index contributed by atoms with van der Waals surface area (Å²) in [6.45, 7) is 2.52. The molecule has 2 heterocycles. The van der Waals surface area contributed by atoms with E-state index in [2.05, 4.69) is 30.8 Å². The summed E-state index contributed by atoms with van der Waals surface area (Å²) in [5, 5.41) is 14.3. The van der Waals surface area contributed by atoms with Crippen LogP contribution in [0.3, 0.4) is 0 Å². The first-order chi connectivity index (χ1) is 13.7. The predicted molar refractivity (Wildman–Crippen MR) is 103 cm³/mol. The average molecular weight is 377 g/mol. The maximum atomic E-state index is 12.8. The monoisotopic (exact) mass is 377 g/mol. The molecule has 8 heteroatoms. The summed E-state index contributed by atoms with van der Waals surface area (Å²) in [7, 11) is 0. The molecule has 0 saturated carbocycles. The van der Waals surface area contributed by atoms with Crippen molar-refractivity contribution in [1.82, 2.24) is 35.5 Å². The number of amides is 1. The first-order valence-corrected chi connectivity index (χ1v) is 9.60. The summed E-state index contributed by atoms with van der Waals surface area (Å²) in [4.78, 5) is 22.1. The van der Waals surface area contributed by atoms with Gasteiger partial charge in [0.2, 0.25) is 5.91 Å². The Balaban J connectivity index is 1.40. The number of aromatic nitrogens is 6. The fraction of sp³-hybridized carbons (Fsp3) is 0.400. The van der Waals surface area contributed by atoms with Crippen molar-refractivity contribution in [2.75, 3.05) is 6.54 Å². The van der Waals surface area contributed by atoms with Gasteiger partial charge in [-0.05, 0) is 47.7 Å². The van der Waals surface area contributed by atoms with E-state index in [-0.39, 0.29) is 5.91 Å². The van der Waals surface area contributed by atoms with E-state index in [0.717, 1.165) is 36.3 Å². The molecule has 8 nitrogen and oxygen atoms in total. The Morgan fingerprint density at radius 3 is 2.86 bits per heavy atom. The van der Waals surface area contributed by atoms with Crippen LogP contribution in [0, 0.1) is 6.92 Å². The Hall–Kier alpha value is -3.16. The largest absolute Gasteiger partial charge is 0.354 e. The van der Waals surface area contributed by atoms with Crippen molar-refractivity contribution in [3.8, 4) is 0 Å². The van der Waals surface area contributed by atoms with Gasteiger partial charge in [-0.1, -0.05) is 30.3 Å². The second kappa shape index (κ2) is 8.24. The summed E-state index contributed by atoms with van der Waals surface area (Å²) < 4.78 is 1.50. The summed E-state index contributed by atoms with van der Waals surface area (Å²) in [6, 6.07) is 9.35. The van der Waals surface area contributed by atoms with E-state index in [1.165, 1.54) is 22.3 Å². The molecule has 4 rings (SSSR count). The van der Waals surface area contributed by atoms with Crippen LogP contribution in [0.15, 0.2) is 36.7 Å². The van der Waals surface area contributed by atoms with Crippen molar-refractivity contribution in [2.45, 2.75) is 45.1 Å². The molecule has 1 unspecified atom stereocenters. The molecule has 2 aromatic heterocycles. The van der Waals surface area contributed by atoms with Gasteiger partial charge in [-0.2, -0.15) is 0 Å². The highest BCUT2D eigenvalue weighted by molar-refractivity contribution is 5.80. The highest BCUT2D eigenvalue weighted by atomic mass is 16.2. The van der Waals surface area contributed by atoms with Crippen molar-refractivity contribution in [3.05, 3.63) is 65.0 Å². The molecule has 3 aromatic rings. The number of fused-ring (bicyclic) bond motifs is 1. The number of hydrogen-bond acceptors (Lipinski definition) is 6. The van der Waals surface area contributed by atoms with Gasteiger partial charge in [0.25, 0.3) is 0 Å². The molecule has 0 aliphatic heterocycles. The van der Waals surface area contributed by atoms with Crippen LogP contribution in [0.2, 0.25) is 0 Å². The van der Waals surface area contributed by atoms with Gasteiger partial charge < -0.3 is 5.32 Å². The van der Waals surface area contributed by atoms with E-state index >= 15 is 0 Å². The van der Waals surface area contributed by atoms with Crippen molar-refractivity contribution in [2.24, 2.45) is 0 Å². The SMILES string of the molecule is Cc1nc(CCNC(=O)C(Cc2ccccc2)n2cnnn2)nc2c1CCC2. The standard InChI is InChI=1S/C20H23N7O/c1-14-16-8-5-9-17(16)24-19(23-14)10-11-21-20(28)18(27-13-22-25-26-27)12-15-6-3-2-4-7-15/h2-4,6-7,13,18H,5,8-12H2,1H3,(H,21,28). The van der Waals surface area contributed by atoms with Crippen LogP contribution in [0.1, 0.15) is 40.8 Å². The molecule has 28 heavy (non-hydrogen) atoms. The maximum Gasteiger partial charge on any atom is 0.245 e. The molecule has 1 aliphatic carbocycles.